The van der Waals surface area contributed by atoms with E-state index in [-0.39, 0.29) is 17.7 Å². The van der Waals surface area contributed by atoms with E-state index in [0.717, 1.165) is 30.4 Å². The fourth-order valence-electron chi connectivity index (χ4n) is 10.3. The zero-order valence-electron chi connectivity index (χ0n) is 19.7. The van der Waals surface area contributed by atoms with E-state index in [1.54, 1.807) is 0 Å². The third kappa shape index (κ3) is 2.12. The second-order valence-electron chi connectivity index (χ2n) is 12.0. The van der Waals surface area contributed by atoms with E-state index in [1.807, 2.05) is 0 Å². The SMILES string of the molecule is CC[C@H]1C2C[C@H]3[C@@H]4N(C)c5ccccc5C45C[C@@H](C2[C@H]5O)[N+]3(CCN2CCCCC2)[C@@H]1O. The van der Waals surface area contributed by atoms with E-state index >= 15 is 0 Å². The molecule has 2 N–H and O–H groups in total. The summed E-state index contributed by atoms with van der Waals surface area (Å²) < 4.78 is 0.873. The average Bonchev–Trinajstić information content (AvgIpc) is 3.21. The van der Waals surface area contributed by atoms with Gasteiger partial charge in [0.05, 0.1) is 30.1 Å². The molecule has 0 amide bonds. The molecule has 7 aliphatic rings. The maximum absolute atomic E-state index is 12.1. The fourth-order valence-corrected chi connectivity index (χ4v) is 10.3. The Hall–Kier alpha value is -1.14. The molecule has 6 fully saturated rings. The number of hydrogen-bond donors (Lipinski definition) is 2. The number of piperidine rings is 5. The monoisotopic (exact) mass is 438 g/mol. The summed E-state index contributed by atoms with van der Waals surface area (Å²) in [5.74, 6) is 1.14. The number of aliphatic hydroxyl groups excluding tert-OH is 2. The second-order valence-corrected chi connectivity index (χ2v) is 12.0. The highest BCUT2D eigenvalue weighted by molar-refractivity contribution is 5.66. The fraction of sp³-hybridized carbons (Fsp3) is 0.778. The lowest BCUT2D eigenvalue weighted by Crippen LogP contribution is -2.83. The lowest BCUT2D eigenvalue weighted by atomic mass is 9.60. The van der Waals surface area contributed by atoms with Gasteiger partial charge in [0.15, 0.2) is 6.23 Å². The number of rotatable bonds is 4. The minimum Gasteiger partial charge on any atom is -0.392 e. The van der Waals surface area contributed by atoms with E-state index in [2.05, 4.69) is 48.0 Å². The lowest BCUT2D eigenvalue weighted by Gasteiger charge is -2.68. The van der Waals surface area contributed by atoms with Crippen molar-refractivity contribution in [3.8, 4) is 0 Å². The normalized spacial score (nSPS) is 50.7. The van der Waals surface area contributed by atoms with Crippen LogP contribution in [0, 0.1) is 17.8 Å². The maximum Gasteiger partial charge on any atom is 0.194 e. The van der Waals surface area contributed by atoms with Gasteiger partial charge in [-0.15, -0.1) is 0 Å². The number of benzene rings is 1. The van der Waals surface area contributed by atoms with Crippen LogP contribution in [0.25, 0.3) is 0 Å². The van der Waals surface area contributed by atoms with Gasteiger partial charge in [0.25, 0.3) is 0 Å². The molecule has 6 heterocycles. The molecule has 5 saturated heterocycles. The average molecular weight is 439 g/mol. The summed E-state index contributed by atoms with van der Waals surface area (Å²) >= 11 is 0. The van der Waals surface area contributed by atoms with Gasteiger partial charge in [0.1, 0.15) is 6.04 Å². The summed E-state index contributed by atoms with van der Waals surface area (Å²) in [6, 6.07) is 10.0. The number of aliphatic hydroxyl groups is 2. The van der Waals surface area contributed by atoms with Crippen molar-refractivity contribution < 1.29 is 14.7 Å². The number of hydrogen-bond acceptors (Lipinski definition) is 4. The number of likely N-dealkylation sites (tertiary alicyclic amines) is 1. The van der Waals surface area contributed by atoms with Gasteiger partial charge >= 0.3 is 0 Å². The van der Waals surface area contributed by atoms with Crippen LogP contribution in [0.1, 0.15) is 51.0 Å². The van der Waals surface area contributed by atoms with E-state index in [4.69, 9.17) is 0 Å². The van der Waals surface area contributed by atoms with Crippen molar-refractivity contribution in [2.45, 2.75) is 81.3 Å². The number of nitrogens with zero attached hydrogens (tertiary/aromatic N) is 3. The molecular formula is C27H40N3O2+. The van der Waals surface area contributed by atoms with Gasteiger partial charge < -0.3 is 15.1 Å². The topological polar surface area (TPSA) is 46.9 Å². The van der Waals surface area contributed by atoms with Crippen molar-refractivity contribution in [1.82, 2.24) is 4.90 Å². The Labute approximate surface area is 192 Å². The number of anilines is 1. The first-order valence-corrected chi connectivity index (χ1v) is 13.3. The molecule has 1 aliphatic carbocycles. The van der Waals surface area contributed by atoms with Gasteiger partial charge in [-0.1, -0.05) is 31.5 Å². The molecule has 1 saturated carbocycles. The highest BCUT2D eigenvalue weighted by Crippen LogP contribution is 2.71. The van der Waals surface area contributed by atoms with Crippen LogP contribution in [0.5, 0.6) is 0 Å². The Morgan fingerprint density at radius 1 is 1.09 bits per heavy atom. The number of para-hydroxylation sites is 1. The van der Waals surface area contributed by atoms with Gasteiger partial charge in [-0.25, -0.2) is 0 Å². The van der Waals surface area contributed by atoms with Gasteiger partial charge in [0.2, 0.25) is 0 Å². The van der Waals surface area contributed by atoms with E-state index < -0.39 is 0 Å². The van der Waals surface area contributed by atoms with Gasteiger partial charge in [0, 0.05) is 44.0 Å². The summed E-state index contributed by atoms with van der Waals surface area (Å²) in [6.07, 6.45) is 6.71. The molecule has 0 aromatic heterocycles. The second kappa shape index (κ2) is 6.71. The molecular weight excluding hydrogens is 398 g/mol. The van der Waals surface area contributed by atoms with Crippen molar-refractivity contribution in [2.75, 3.05) is 38.1 Å². The van der Waals surface area contributed by atoms with Crippen molar-refractivity contribution in [3.63, 3.8) is 0 Å². The van der Waals surface area contributed by atoms with E-state index in [1.165, 1.54) is 50.0 Å². The highest BCUT2D eigenvalue weighted by Gasteiger charge is 2.82. The summed E-state index contributed by atoms with van der Waals surface area (Å²) in [4.78, 5) is 5.17. The molecule has 1 aromatic rings. The van der Waals surface area contributed by atoms with Crippen LogP contribution < -0.4 is 4.90 Å². The Kier molecular flexibility index (Phi) is 4.25. The quantitative estimate of drug-likeness (QED) is 0.710. The first kappa shape index (κ1) is 20.3. The van der Waals surface area contributed by atoms with Crippen LogP contribution in [0.4, 0.5) is 5.69 Å². The van der Waals surface area contributed by atoms with Crippen molar-refractivity contribution in [3.05, 3.63) is 29.8 Å². The van der Waals surface area contributed by atoms with Gasteiger partial charge in [-0.05, 0) is 49.9 Å². The third-order valence-corrected chi connectivity index (χ3v) is 11.4. The Morgan fingerprint density at radius 2 is 1.88 bits per heavy atom. The minimum atomic E-state index is -0.282. The predicted octanol–water partition coefficient (Wildman–Crippen LogP) is 2.56. The zero-order valence-corrected chi connectivity index (χ0v) is 19.7. The predicted molar refractivity (Wildman–Crippen MR) is 125 cm³/mol. The molecule has 10 atom stereocenters. The van der Waals surface area contributed by atoms with Crippen LogP contribution in [0.2, 0.25) is 0 Å². The first-order chi connectivity index (χ1) is 15.6. The minimum absolute atomic E-state index is 0.144. The van der Waals surface area contributed by atoms with Crippen molar-refractivity contribution in [1.29, 1.82) is 0 Å². The van der Waals surface area contributed by atoms with E-state index in [9.17, 15) is 10.2 Å². The number of likely N-dealkylation sites (N-methyl/N-ethyl adjacent to an activating group) is 1. The maximum atomic E-state index is 12.1. The summed E-state index contributed by atoms with van der Waals surface area (Å²) in [7, 11) is 2.26. The molecule has 8 rings (SSSR count). The molecule has 1 spiro atoms. The number of fused-ring (bicyclic) bond motifs is 2. The molecule has 5 nitrogen and oxygen atoms in total. The molecule has 6 aliphatic heterocycles. The van der Waals surface area contributed by atoms with Crippen molar-refractivity contribution in [2.24, 2.45) is 17.8 Å². The summed E-state index contributed by atoms with van der Waals surface area (Å²) in [6.45, 7) is 6.86. The Morgan fingerprint density at radius 3 is 2.66 bits per heavy atom. The summed E-state index contributed by atoms with van der Waals surface area (Å²) in [5.41, 5.74) is 2.56. The molecule has 5 bridgehead atoms. The van der Waals surface area contributed by atoms with Crippen LogP contribution in [0.15, 0.2) is 24.3 Å². The van der Waals surface area contributed by atoms with E-state index in [0.29, 0.717) is 35.9 Å². The van der Waals surface area contributed by atoms with Gasteiger partial charge in [-0.2, -0.15) is 0 Å². The van der Waals surface area contributed by atoms with Crippen molar-refractivity contribution >= 4 is 5.69 Å². The van der Waals surface area contributed by atoms with Crippen LogP contribution in [-0.2, 0) is 5.41 Å². The van der Waals surface area contributed by atoms with Gasteiger partial charge in [-0.3, -0.25) is 9.38 Å². The Balaban J connectivity index is 1.36. The molecule has 32 heavy (non-hydrogen) atoms. The zero-order chi connectivity index (χ0) is 21.8. The van der Waals surface area contributed by atoms with Crippen LogP contribution >= 0.6 is 0 Å². The molecule has 4 unspecified atom stereocenters. The third-order valence-electron chi connectivity index (χ3n) is 11.4. The van der Waals surface area contributed by atoms with Crippen LogP contribution in [0.3, 0.4) is 0 Å². The first-order valence-electron chi connectivity index (χ1n) is 13.3. The summed E-state index contributed by atoms with van der Waals surface area (Å²) in [5, 5.41) is 24.2. The molecule has 174 valence electrons. The lowest BCUT2D eigenvalue weighted by molar-refractivity contribution is -1.04. The Bertz CT molecular complexity index is 918. The number of quaternary nitrogens is 1. The largest absolute Gasteiger partial charge is 0.392 e. The molecule has 0 radical (unpaired) electrons. The molecule has 1 aromatic carbocycles. The standard InChI is InChI=1S/C27H40N3O2/c1-3-17-18-15-21-24-27(19-9-5-6-10-20(19)28(24)2)16-22(23(18)25(27)31)30(21,26(17)32)14-13-29-11-7-4-8-12-29/h5-6,9-10,17-18,21-26,31-32H,3-4,7-8,11-16H2,1-2H3/q+1/t17-,18?,21-,22-,23?,24-,25+,26+,27?,30?/m0/s1. The van der Waals surface area contributed by atoms with Crippen LogP contribution in [-0.4, -0.2) is 83.3 Å². The highest BCUT2D eigenvalue weighted by atomic mass is 16.3. The smallest absolute Gasteiger partial charge is 0.194 e. The molecule has 5 heteroatoms.